The van der Waals surface area contributed by atoms with Crippen LogP contribution in [0.2, 0.25) is 0 Å². The number of aromatic hydroxyl groups is 1. The van der Waals surface area contributed by atoms with Crippen LogP contribution in [0.25, 0.3) is 17.7 Å². The van der Waals surface area contributed by atoms with Gasteiger partial charge in [-0.3, -0.25) is 19.0 Å². The normalized spacial score (nSPS) is 14.7. The van der Waals surface area contributed by atoms with E-state index in [1.807, 2.05) is 18.2 Å². The number of carbonyl (C=O) groups excluding carboxylic acids is 2. The van der Waals surface area contributed by atoms with Gasteiger partial charge in [-0.15, -0.1) is 0 Å². The van der Waals surface area contributed by atoms with Crippen molar-refractivity contribution in [3.63, 3.8) is 0 Å². The summed E-state index contributed by atoms with van der Waals surface area (Å²) in [5.41, 5.74) is 1.99. The zero-order valence-electron chi connectivity index (χ0n) is 14.3. The molecular formula is C19H17NO5S. The maximum absolute atomic E-state index is 12.3. The van der Waals surface area contributed by atoms with E-state index >= 15 is 0 Å². The Bertz CT molecular complexity index is 994. The maximum atomic E-state index is 12.3. The van der Waals surface area contributed by atoms with E-state index in [4.69, 9.17) is 4.74 Å². The number of aromatic nitrogens is 1. The Balaban J connectivity index is 1.99. The summed E-state index contributed by atoms with van der Waals surface area (Å²) >= 11 is 0.769. The number of ether oxygens (including phenoxy) is 1. The first-order valence-electron chi connectivity index (χ1n) is 8.02. The zero-order valence-corrected chi connectivity index (χ0v) is 15.1. The summed E-state index contributed by atoms with van der Waals surface area (Å²) < 4.78 is 5.94. The molecule has 1 aromatic carbocycles. The highest BCUT2D eigenvalue weighted by Crippen LogP contribution is 2.31. The average molecular weight is 371 g/mol. The van der Waals surface area contributed by atoms with E-state index in [0.29, 0.717) is 5.57 Å². The summed E-state index contributed by atoms with van der Waals surface area (Å²) in [4.78, 5) is 35.9. The number of benzene rings is 1. The standard InChI is InChI=1S/C19H17NO5S/c1-11(2)25-17(22)10-20-18(23)16(26-19(20)24)9-14-13-6-4-3-5-12(13)7-8-15(14)21/h3-9,11,23H,10H2,1-2H3/b14-9-. The SMILES string of the molecule is CC(C)OC(=O)Cn1c(O)c(/C=C2\C(=O)C=Cc3ccccc32)sc1=O. The van der Waals surface area contributed by atoms with Gasteiger partial charge in [0.1, 0.15) is 6.54 Å². The van der Waals surface area contributed by atoms with Crippen molar-refractivity contribution in [2.75, 3.05) is 0 Å². The third kappa shape index (κ3) is 3.52. The third-order valence-electron chi connectivity index (χ3n) is 3.75. The van der Waals surface area contributed by atoms with Gasteiger partial charge in [0.25, 0.3) is 0 Å². The number of nitrogens with zero attached hydrogens (tertiary/aromatic N) is 1. The van der Waals surface area contributed by atoms with Crippen molar-refractivity contribution in [1.29, 1.82) is 0 Å². The van der Waals surface area contributed by atoms with Crippen LogP contribution in [-0.4, -0.2) is 27.5 Å². The van der Waals surface area contributed by atoms with Crippen LogP contribution in [0.5, 0.6) is 5.88 Å². The second-order valence-corrected chi connectivity index (χ2v) is 7.02. The number of allylic oxidation sites excluding steroid dienone is 2. The van der Waals surface area contributed by atoms with Crippen molar-refractivity contribution in [3.05, 3.63) is 56.0 Å². The van der Waals surface area contributed by atoms with Gasteiger partial charge in [0.15, 0.2) is 5.78 Å². The molecular weight excluding hydrogens is 354 g/mol. The van der Waals surface area contributed by atoms with Crippen molar-refractivity contribution in [2.24, 2.45) is 0 Å². The van der Waals surface area contributed by atoms with E-state index in [1.165, 1.54) is 12.2 Å². The minimum atomic E-state index is -0.614. The summed E-state index contributed by atoms with van der Waals surface area (Å²) in [6.07, 6.45) is 4.34. The highest BCUT2D eigenvalue weighted by molar-refractivity contribution is 7.10. The predicted octanol–water partition coefficient (Wildman–Crippen LogP) is 2.70. The van der Waals surface area contributed by atoms with E-state index in [-0.39, 0.29) is 29.2 Å². The first-order valence-corrected chi connectivity index (χ1v) is 8.84. The highest BCUT2D eigenvalue weighted by Gasteiger charge is 2.21. The molecule has 0 spiro atoms. The lowest BCUT2D eigenvalue weighted by Gasteiger charge is -2.12. The molecule has 2 aromatic rings. The van der Waals surface area contributed by atoms with E-state index in [2.05, 4.69) is 0 Å². The van der Waals surface area contributed by atoms with Crippen molar-refractivity contribution >= 4 is 40.8 Å². The number of hydrogen-bond donors (Lipinski definition) is 1. The summed E-state index contributed by atoms with van der Waals surface area (Å²) in [6, 6.07) is 7.36. The zero-order chi connectivity index (χ0) is 18.8. The molecule has 0 saturated carbocycles. The molecule has 0 bridgehead atoms. The fraction of sp³-hybridized carbons (Fsp3) is 0.211. The Labute approximate surface area is 153 Å². The summed E-state index contributed by atoms with van der Waals surface area (Å²) in [6.45, 7) is 3.01. The lowest BCUT2D eigenvalue weighted by atomic mass is 9.91. The van der Waals surface area contributed by atoms with Crippen LogP contribution in [-0.2, 0) is 20.9 Å². The van der Waals surface area contributed by atoms with E-state index in [0.717, 1.165) is 27.0 Å². The number of esters is 1. The summed E-state index contributed by atoms with van der Waals surface area (Å²) in [7, 11) is 0. The van der Waals surface area contributed by atoms with Gasteiger partial charge in [-0.2, -0.15) is 0 Å². The molecule has 7 heteroatoms. The number of thiazole rings is 1. The van der Waals surface area contributed by atoms with Crippen molar-refractivity contribution < 1.29 is 19.4 Å². The highest BCUT2D eigenvalue weighted by atomic mass is 32.1. The first-order chi connectivity index (χ1) is 12.4. The van der Waals surface area contributed by atoms with Gasteiger partial charge in [0, 0.05) is 5.57 Å². The van der Waals surface area contributed by atoms with E-state index < -0.39 is 10.8 Å². The van der Waals surface area contributed by atoms with E-state index in [9.17, 15) is 19.5 Å². The van der Waals surface area contributed by atoms with Crippen molar-refractivity contribution in [1.82, 2.24) is 4.57 Å². The molecule has 0 atom stereocenters. The Morgan fingerprint density at radius 2 is 2.00 bits per heavy atom. The van der Waals surface area contributed by atoms with Crippen LogP contribution >= 0.6 is 11.3 Å². The second-order valence-electron chi connectivity index (χ2n) is 6.02. The molecule has 26 heavy (non-hydrogen) atoms. The minimum absolute atomic E-state index is 0.213. The topological polar surface area (TPSA) is 85.6 Å². The fourth-order valence-electron chi connectivity index (χ4n) is 2.63. The van der Waals surface area contributed by atoms with Gasteiger partial charge in [-0.25, -0.2) is 0 Å². The molecule has 1 aliphatic carbocycles. The Morgan fingerprint density at radius 3 is 2.73 bits per heavy atom. The van der Waals surface area contributed by atoms with Crippen molar-refractivity contribution in [3.8, 4) is 5.88 Å². The number of rotatable bonds is 4. The minimum Gasteiger partial charge on any atom is -0.493 e. The lowest BCUT2D eigenvalue weighted by molar-refractivity contribution is -0.148. The largest absolute Gasteiger partial charge is 0.493 e. The Morgan fingerprint density at radius 1 is 1.27 bits per heavy atom. The number of carbonyl (C=O) groups is 2. The molecule has 1 heterocycles. The molecule has 1 N–H and O–H groups in total. The molecule has 0 radical (unpaired) electrons. The van der Waals surface area contributed by atoms with Gasteiger partial charge in [0.05, 0.1) is 11.0 Å². The first kappa shape index (κ1) is 17.9. The fourth-order valence-corrected chi connectivity index (χ4v) is 3.46. The van der Waals surface area contributed by atoms with Gasteiger partial charge in [0.2, 0.25) is 5.88 Å². The second kappa shape index (κ2) is 7.13. The molecule has 6 nitrogen and oxygen atoms in total. The smallest absolute Gasteiger partial charge is 0.326 e. The number of fused-ring (bicyclic) bond motifs is 1. The third-order valence-corrected chi connectivity index (χ3v) is 4.67. The molecule has 0 saturated heterocycles. The number of ketones is 1. The molecule has 0 unspecified atom stereocenters. The molecule has 0 fully saturated rings. The molecule has 0 amide bonds. The Hall–Kier alpha value is -2.93. The van der Waals surface area contributed by atoms with Gasteiger partial charge < -0.3 is 9.84 Å². The monoisotopic (exact) mass is 371 g/mol. The van der Waals surface area contributed by atoms with Gasteiger partial charge in [-0.05, 0) is 37.1 Å². The van der Waals surface area contributed by atoms with Crippen LogP contribution in [0.4, 0.5) is 0 Å². The number of hydrogen-bond acceptors (Lipinski definition) is 6. The Kier molecular flexibility index (Phi) is 4.90. The maximum Gasteiger partial charge on any atom is 0.326 e. The molecule has 1 aromatic heterocycles. The van der Waals surface area contributed by atoms with E-state index in [1.54, 1.807) is 26.0 Å². The molecule has 0 aliphatic heterocycles. The average Bonchev–Trinajstić information content (AvgIpc) is 2.84. The molecule has 3 rings (SSSR count). The van der Waals surface area contributed by atoms with Crippen LogP contribution < -0.4 is 4.87 Å². The summed E-state index contributed by atoms with van der Waals surface area (Å²) in [5, 5.41) is 10.3. The quantitative estimate of drug-likeness (QED) is 0.660. The summed E-state index contributed by atoms with van der Waals surface area (Å²) in [5.74, 6) is -1.18. The van der Waals surface area contributed by atoms with Crippen LogP contribution in [0, 0.1) is 0 Å². The predicted molar refractivity (Wildman–Crippen MR) is 99.8 cm³/mol. The molecule has 1 aliphatic rings. The van der Waals surface area contributed by atoms with Crippen LogP contribution in [0.1, 0.15) is 29.9 Å². The lowest BCUT2D eigenvalue weighted by Crippen LogP contribution is -2.22. The van der Waals surface area contributed by atoms with Crippen LogP contribution in [0.3, 0.4) is 0 Å². The van der Waals surface area contributed by atoms with Gasteiger partial charge in [-0.1, -0.05) is 41.7 Å². The van der Waals surface area contributed by atoms with Crippen molar-refractivity contribution in [2.45, 2.75) is 26.5 Å². The van der Waals surface area contributed by atoms with Crippen LogP contribution in [0.15, 0.2) is 35.1 Å². The van der Waals surface area contributed by atoms with Gasteiger partial charge >= 0.3 is 10.8 Å². The molecule has 134 valence electrons.